The van der Waals surface area contributed by atoms with Crippen LogP contribution in [0.1, 0.15) is 36.5 Å². The number of hydrogen-bond donors (Lipinski definition) is 1. The minimum atomic E-state index is -1.10. The molecule has 0 aliphatic rings. The Morgan fingerprint density at radius 3 is 2.59 bits per heavy atom. The quantitative estimate of drug-likeness (QED) is 0.816. The van der Waals surface area contributed by atoms with Gasteiger partial charge in [0.25, 0.3) is 0 Å². The molecule has 1 aromatic carbocycles. The highest BCUT2D eigenvalue weighted by molar-refractivity contribution is 5.75. The number of aryl methyl sites for hydroxylation is 2. The molecule has 0 aliphatic carbocycles. The summed E-state index contributed by atoms with van der Waals surface area (Å²) >= 11 is 0. The van der Waals surface area contributed by atoms with E-state index in [0.717, 1.165) is 11.1 Å². The number of aliphatic hydroxyl groups excluding tert-OH is 1. The summed E-state index contributed by atoms with van der Waals surface area (Å²) in [5, 5.41) is 9.89. The van der Waals surface area contributed by atoms with Gasteiger partial charge in [0.15, 0.2) is 6.10 Å². The zero-order valence-corrected chi connectivity index (χ0v) is 10.9. The third kappa shape index (κ3) is 3.30. The van der Waals surface area contributed by atoms with Gasteiger partial charge in [-0.1, -0.05) is 30.7 Å². The molecule has 2 atom stereocenters. The Balaban J connectivity index is 2.88. The van der Waals surface area contributed by atoms with Crippen LogP contribution < -0.4 is 0 Å². The van der Waals surface area contributed by atoms with E-state index in [0.29, 0.717) is 0 Å². The van der Waals surface area contributed by atoms with E-state index in [1.54, 1.807) is 6.92 Å². The SMILES string of the molecule is CCOC(=O)C(O)C(C)c1ccc(C)cc1C. The van der Waals surface area contributed by atoms with Crippen molar-refractivity contribution in [3.63, 3.8) is 0 Å². The summed E-state index contributed by atoms with van der Waals surface area (Å²) in [4.78, 5) is 11.5. The molecule has 1 rings (SSSR count). The largest absolute Gasteiger partial charge is 0.464 e. The van der Waals surface area contributed by atoms with Crippen LogP contribution >= 0.6 is 0 Å². The molecule has 0 heterocycles. The molecular weight excluding hydrogens is 216 g/mol. The molecule has 17 heavy (non-hydrogen) atoms. The van der Waals surface area contributed by atoms with E-state index in [2.05, 4.69) is 0 Å². The predicted molar refractivity (Wildman–Crippen MR) is 67.0 cm³/mol. The number of esters is 1. The molecule has 0 amide bonds. The second-order valence-corrected chi connectivity index (χ2v) is 4.35. The molecular formula is C14H20O3. The van der Waals surface area contributed by atoms with Crippen molar-refractivity contribution in [2.24, 2.45) is 0 Å². The van der Waals surface area contributed by atoms with Gasteiger partial charge in [-0.25, -0.2) is 4.79 Å². The fourth-order valence-electron chi connectivity index (χ4n) is 1.94. The smallest absolute Gasteiger partial charge is 0.335 e. The molecule has 94 valence electrons. The first-order valence-corrected chi connectivity index (χ1v) is 5.89. The second-order valence-electron chi connectivity index (χ2n) is 4.35. The first kappa shape index (κ1) is 13.7. The topological polar surface area (TPSA) is 46.5 Å². The number of rotatable bonds is 4. The summed E-state index contributed by atoms with van der Waals surface area (Å²) in [6, 6.07) is 5.98. The van der Waals surface area contributed by atoms with Crippen LogP contribution in [0.25, 0.3) is 0 Å². The summed E-state index contributed by atoms with van der Waals surface area (Å²) in [6.07, 6.45) is -1.10. The lowest BCUT2D eigenvalue weighted by Crippen LogP contribution is -2.28. The highest BCUT2D eigenvalue weighted by Crippen LogP contribution is 2.24. The molecule has 0 fully saturated rings. The third-order valence-electron chi connectivity index (χ3n) is 2.92. The maximum absolute atomic E-state index is 11.5. The van der Waals surface area contributed by atoms with Crippen LogP contribution in [-0.2, 0) is 9.53 Å². The van der Waals surface area contributed by atoms with Gasteiger partial charge in [0.1, 0.15) is 0 Å². The first-order chi connectivity index (χ1) is 7.97. The average molecular weight is 236 g/mol. The van der Waals surface area contributed by atoms with E-state index >= 15 is 0 Å². The summed E-state index contributed by atoms with van der Waals surface area (Å²) < 4.78 is 4.82. The van der Waals surface area contributed by atoms with Crippen molar-refractivity contribution in [2.75, 3.05) is 6.61 Å². The molecule has 1 N–H and O–H groups in total. The fourth-order valence-corrected chi connectivity index (χ4v) is 1.94. The summed E-state index contributed by atoms with van der Waals surface area (Å²) in [5.41, 5.74) is 3.24. The molecule has 2 unspecified atom stereocenters. The average Bonchev–Trinajstić information content (AvgIpc) is 2.27. The second kappa shape index (κ2) is 5.82. The van der Waals surface area contributed by atoms with E-state index in [4.69, 9.17) is 4.74 Å². The van der Waals surface area contributed by atoms with Crippen LogP contribution in [0, 0.1) is 13.8 Å². The van der Waals surface area contributed by atoms with Crippen molar-refractivity contribution in [3.8, 4) is 0 Å². The van der Waals surface area contributed by atoms with E-state index < -0.39 is 12.1 Å². The number of benzene rings is 1. The van der Waals surface area contributed by atoms with Crippen molar-refractivity contribution < 1.29 is 14.6 Å². The summed E-state index contributed by atoms with van der Waals surface area (Å²) in [6.45, 7) is 7.85. The number of carbonyl (C=O) groups excluding carboxylic acids is 1. The Labute approximate surface area is 102 Å². The Hall–Kier alpha value is -1.35. The van der Waals surface area contributed by atoms with Gasteiger partial charge in [0.2, 0.25) is 0 Å². The maximum Gasteiger partial charge on any atom is 0.335 e. The van der Waals surface area contributed by atoms with Crippen LogP contribution in [0.5, 0.6) is 0 Å². The number of ether oxygens (including phenoxy) is 1. The Morgan fingerprint density at radius 2 is 2.06 bits per heavy atom. The first-order valence-electron chi connectivity index (χ1n) is 5.89. The lowest BCUT2D eigenvalue weighted by Gasteiger charge is -2.19. The van der Waals surface area contributed by atoms with Gasteiger partial charge >= 0.3 is 5.97 Å². The van der Waals surface area contributed by atoms with Gasteiger partial charge in [-0.05, 0) is 31.9 Å². The minimum Gasteiger partial charge on any atom is -0.464 e. The van der Waals surface area contributed by atoms with Crippen LogP contribution in [0.15, 0.2) is 18.2 Å². The molecule has 0 bridgehead atoms. The van der Waals surface area contributed by atoms with Gasteiger partial charge in [-0.3, -0.25) is 0 Å². The summed E-state index contributed by atoms with van der Waals surface area (Å²) in [5.74, 6) is -0.811. The number of carbonyl (C=O) groups is 1. The highest BCUT2D eigenvalue weighted by Gasteiger charge is 2.25. The zero-order chi connectivity index (χ0) is 13.0. The lowest BCUT2D eigenvalue weighted by molar-refractivity contribution is -0.154. The molecule has 0 aliphatic heterocycles. The van der Waals surface area contributed by atoms with Gasteiger partial charge in [-0.15, -0.1) is 0 Å². The maximum atomic E-state index is 11.5. The van der Waals surface area contributed by atoms with E-state index in [9.17, 15) is 9.90 Å². The molecule has 0 saturated carbocycles. The monoisotopic (exact) mass is 236 g/mol. The van der Waals surface area contributed by atoms with E-state index in [1.807, 2.05) is 39.0 Å². The van der Waals surface area contributed by atoms with Crippen molar-refractivity contribution in [2.45, 2.75) is 39.7 Å². The molecule has 1 aromatic rings. The molecule has 0 aromatic heterocycles. The molecule has 3 heteroatoms. The molecule has 3 nitrogen and oxygen atoms in total. The van der Waals surface area contributed by atoms with E-state index in [1.165, 1.54) is 5.56 Å². The van der Waals surface area contributed by atoms with Crippen LogP contribution in [0.2, 0.25) is 0 Å². The number of hydrogen-bond acceptors (Lipinski definition) is 3. The van der Waals surface area contributed by atoms with Crippen LogP contribution in [0.3, 0.4) is 0 Å². The van der Waals surface area contributed by atoms with Crippen molar-refractivity contribution in [3.05, 3.63) is 34.9 Å². The van der Waals surface area contributed by atoms with Gasteiger partial charge in [0, 0.05) is 5.92 Å². The van der Waals surface area contributed by atoms with Crippen molar-refractivity contribution >= 4 is 5.97 Å². The normalized spacial score (nSPS) is 14.2. The van der Waals surface area contributed by atoms with Gasteiger partial charge in [0.05, 0.1) is 6.61 Å². The summed E-state index contributed by atoms with van der Waals surface area (Å²) in [7, 11) is 0. The van der Waals surface area contributed by atoms with E-state index in [-0.39, 0.29) is 12.5 Å². The lowest BCUT2D eigenvalue weighted by atomic mass is 9.91. The van der Waals surface area contributed by atoms with Crippen molar-refractivity contribution in [1.82, 2.24) is 0 Å². The van der Waals surface area contributed by atoms with Gasteiger partial charge < -0.3 is 9.84 Å². The Bertz CT molecular complexity index is 398. The fraction of sp³-hybridized carbons (Fsp3) is 0.500. The van der Waals surface area contributed by atoms with Crippen LogP contribution in [0.4, 0.5) is 0 Å². The predicted octanol–water partition coefficient (Wildman–Crippen LogP) is 2.33. The molecule has 0 saturated heterocycles. The molecule has 0 spiro atoms. The van der Waals surface area contributed by atoms with Gasteiger partial charge in [-0.2, -0.15) is 0 Å². The minimum absolute atomic E-state index is 0.255. The Morgan fingerprint density at radius 1 is 1.41 bits per heavy atom. The highest BCUT2D eigenvalue weighted by atomic mass is 16.5. The zero-order valence-electron chi connectivity index (χ0n) is 10.9. The molecule has 0 radical (unpaired) electrons. The standard InChI is InChI=1S/C14H20O3/c1-5-17-14(16)13(15)11(4)12-7-6-9(2)8-10(12)3/h6-8,11,13,15H,5H2,1-4H3. The Kier molecular flexibility index (Phi) is 4.70. The van der Waals surface area contributed by atoms with Crippen LogP contribution in [-0.4, -0.2) is 23.8 Å². The number of aliphatic hydroxyl groups is 1. The van der Waals surface area contributed by atoms with Crippen molar-refractivity contribution in [1.29, 1.82) is 0 Å². The third-order valence-corrected chi connectivity index (χ3v) is 2.92.